The van der Waals surface area contributed by atoms with Gasteiger partial charge in [-0.05, 0) is 29.8 Å². The van der Waals surface area contributed by atoms with Gasteiger partial charge in [0.25, 0.3) is 5.91 Å². The smallest absolute Gasteiger partial charge is 0.260 e. The van der Waals surface area contributed by atoms with Crippen molar-refractivity contribution in [2.24, 2.45) is 5.10 Å². The fraction of sp³-hybridized carbons (Fsp3) is 0.0667. The minimum Gasteiger partial charge on any atom is -0.321 e. The Morgan fingerprint density at radius 3 is 2.90 bits per heavy atom. The van der Waals surface area contributed by atoms with E-state index in [4.69, 9.17) is 0 Å². The maximum atomic E-state index is 11.9. The summed E-state index contributed by atoms with van der Waals surface area (Å²) in [6, 6.07) is 11.3. The molecule has 0 spiro atoms. The van der Waals surface area contributed by atoms with Gasteiger partial charge in [0.2, 0.25) is 0 Å². The van der Waals surface area contributed by atoms with E-state index in [1.54, 1.807) is 41.6 Å². The molecule has 0 bridgehead atoms. The van der Waals surface area contributed by atoms with E-state index in [-0.39, 0.29) is 12.5 Å². The van der Waals surface area contributed by atoms with E-state index in [2.05, 4.69) is 20.5 Å². The van der Waals surface area contributed by atoms with Crippen LogP contribution in [-0.4, -0.2) is 26.7 Å². The van der Waals surface area contributed by atoms with E-state index < -0.39 is 0 Å². The second-order valence-electron chi connectivity index (χ2n) is 4.43. The normalized spacial score (nSPS) is 11.0. The van der Waals surface area contributed by atoms with Crippen LogP contribution in [0.3, 0.4) is 0 Å². The third-order valence-electron chi connectivity index (χ3n) is 2.95. The molecule has 0 aliphatic carbocycles. The number of hydrazone groups is 1. The van der Waals surface area contributed by atoms with Gasteiger partial charge in [0.1, 0.15) is 6.54 Å². The maximum absolute atomic E-state index is 11.9. The number of rotatable bonds is 4. The second kappa shape index (κ2) is 5.96. The number of imidazole rings is 1. The summed E-state index contributed by atoms with van der Waals surface area (Å²) in [5, 5.41) is 3.92. The van der Waals surface area contributed by atoms with E-state index in [0.717, 1.165) is 16.6 Å². The first-order chi connectivity index (χ1) is 10.3. The van der Waals surface area contributed by atoms with Gasteiger partial charge in [-0.2, -0.15) is 5.10 Å². The Hall–Kier alpha value is -3.02. The van der Waals surface area contributed by atoms with Crippen molar-refractivity contribution in [3.63, 3.8) is 0 Å². The van der Waals surface area contributed by atoms with Gasteiger partial charge in [-0.1, -0.05) is 12.1 Å². The number of fused-ring (bicyclic) bond motifs is 1. The molecule has 21 heavy (non-hydrogen) atoms. The van der Waals surface area contributed by atoms with E-state index >= 15 is 0 Å². The lowest BCUT2D eigenvalue weighted by atomic mass is 10.3. The molecular formula is C15H13N5O. The van der Waals surface area contributed by atoms with Crippen LogP contribution >= 0.6 is 0 Å². The quantitative estimate of drug-likeness (QED) is 0.582. The molecule has 2 heterocycles. The average Bonchev–Trinajstić information content (AvgIpc) is 2.92. The average molecular weight is 279 g/mol. The largest absolute Gasteiger partial charge is 0.321 e. The first-order valence-corrected chi connectivity index (χ1v) is 6.45. The Balaban J connectivity index is 1.63. The fourth-order valence-corrected chi connectivity index (χ4v) is 1.95. The predicted molar refractivity (Wildman–Crippen MR) is 79.7 cm³/mol. The highest BCUT2D eigenvalue weighted by atomic mass is 16.2. The van der Waals surface area contributed by atoms with Crippen molar-refractivity contribution in [3.05, 3.63) is 60.7 Å². The Labute approximate surface area is 121 Å². The summed E-state index contributed by atoms with van der Waals surface area (Å²) in [7, 11) is 0. The van der Waals surface area contributed by atoms with Crippen LogP contribution in [0, 0.1) is 0 Å². The molecule has 1 N–H and O–H groups in total. The number of carbonyl (C=O) groups is 1. The lowest BCUT2D eigenvalue weighted by Gasteiger charge is -2.02. The molecule has 104 valence electrons. The Bertz CT molecular complexity index is 779. The van der Waals surface area contributed by atoms with Crippen LogP contribution in [0.5, 0.6) is 0 Å². The third-order valence-corrected chi connectivity index (χ3v) is 2.95. The number of aromatic nitrogens is 3. The molecule has 6 heteroatoms. The van der Waals surface area contributed by atoms with Crippen molar-refractivity contribution in [2.45, 2.75) is 6.54 Å². The molecule has 1 aromatic carbocycles. The van der Waals surface area contributed by atoms with Gasteiger partial charge in [-0.3, -0.25) is 9.78 Å². The van der Waals surface area contributed by atoms with Crippen LogP contribution in [0.15, 0.2) is 60.2 Å². The number of nitrogens with one attached hydrogen (secondary N) is 1. The highest BCUT2D eigenvalue weighted by molar-refractivity contribution is 5.83. The first-order valence-electron chi connectivity index (χ1n) is 6.45. The zero-order chi connectivity index (χ0) is 14.5. The van der Waals surface area contributed by atoms with E-state index in [1.807, 2.05) is 24.3 Å². The number of para-hydroxylation sites is 2. The molecule has 3 aromatic rings. The topological polar surface area (TPSA) is 72.2 Å². The molecule has 0 saturated heterocycles. The van der Waals surface area contributed by atoms with Crippen LogP contribution in [-0.2, 0) is 11.3 Å². The summed E-state index contributed by atoms with van der Waals surface area (Å²) in [6.07, 6.45) is 6.56. The van der Waals surface area contributed by atoms with Crippen LogP contribution in [0.2, 0.25) is 0 Å². The Morgan fingerprint density at radius 1 is 1.24 bits per heavy atom. The minimum atomic E-state index is -0.205. The highest BCUT2D eigenvalue weighted by Crippen LogP contribution is 2.11. The molecule has 0 saturated carbocycles. The molecule has 6 nitrogen and oxygen atoms in total. The number of nitrogens with zero attached hydrogens (tertiary/aromatic N) is 4. The van der Waals surface area contributed by atoms with Gasteiger partial charge in [0, 0.05) is 12.4 Å². The first kappa shape index (κ1) is 13.0. The molecule has 3 rings (SSSR count). The molecular weight excluding hydrogens is 266 g/mol. The van der Waals surface area contributed by atoms with Crippen molar-refractivity contribution >= 4 is 23.2 Å². The molecule has 0 aliphatic rings. The zero-order valence-electron chi connectivity index (χ0n) is 11.2. The van der Waals surface area contributed by atoms with Gasteiger partial charge in [-0.15, -0.1) is 0 Å². The van der Waals surface area contributed by atoms with Gasteiger partial charge in [-0.25, -0.2) is 10.4 Å². The highest BCUT2D eigenvalue weighted by Gasteiger charge is 2.05. The van der Waals surface area contributed by atoms with Crippen molar-refractivity contribution in [1.29, 1.82) is 0 Å². The molecule has 0 aliphatic heterocycles. The van der Waals surface area contributed by atoms with Crippen molar-refractivity contribution in [2.75, 3.05) is 0 Å². The number of amides is 1. The molecule has 1 amide bonds. The Morgan fingerprint density at radius 2 is 2.05 bits per heavy atom. The van der Waals surface area contributed by atoms with E-state index in [9.17, 15) is 4.79 Å². The summed E-state index contributed by atoms with van der Waals surface area (Å²) in [6.45, 7) is 0.175. The summed E-state index contributed by atoms with van der Waals surface area (Å²) in [5.41, 5.74) is 5.16. The lowest BCUT2D eigenvalue weighted by molar-refractivity contribution is -0.121. The standard InChI is InChI=1S/C15H13N5O/c21-15(19-18-9-12-5-7-16-8-6-12)10-20-11-17-13-3-1-2-4-14(13)20/h1-9,11H,10H2,(H,19,21). The number of benzene rings is 1. The number of pyridine rings is 1. The number of carbonyl (C=O) groups excluding carboxylic acids is 1. The lowest BCUT2D eigenvalue weighted by Crippen LogP contribution is -2.22. The van der Waals surface area contributed by atoms with Crippen LogP contribution in [0.1, 0.15) is 5.56 Å². The molecule has 0 atom stereocenters. The van der Waals surface area contributed by atoms with E-state index in [0.29, 0.717) is 0 Å². The van der Waals surface area contributed by atoms with Crippen molar-refractivity contribution < 1.29 is 4.79 Å². The Kier molecular flexibility index (Phi) is 3.68. The second-order valence-corrected chi connectivity index (χ2v) is 4.43. The van der Waals surface area contributed by atoms with E-state index in [1.165, 1.54) is 0 Å². The maximum Gasteiger partial charge on any atom is 0.260 e. The number of hydrogen-bond acceptors (Lipinski definition) is 4. The SMILES string of the molecule is O=C(Cn1cnc2ccccc21)NN=Cc1ccncc1. The third kappa shape index (κ3) is 3.11. The summed E-state index contributed by atoms with van der Waals surface area (Å²) in [5.74, 6) is -0.205. The molecule has 2 aromatic heterocycles. The predicted octanol–water partition coefficient (Wildman–Crippen LogP) is 1.58. The fourth-order valence-electron chi connectivity index (χ4n) is 1.95. The van der Waals surface area contributed by atoms with Gasteiger partial charge >= 0.3 is 0 Å². The van der Waals surface area contributed by atoms with Crippen molar-refractivity contribution in [3.8, 4) is 0 Å². The summed E-state index contributed by atoms with van der Waals surface area (Å²) in [4.78, 5) is 20.0. The van der Waals surface area contributed by atoms with Crippen molar-refractivity contribution in [1.82, 2.24) is 20.0 Å². The van der Waals surface area contributed by atoms with Crippen LogP contribution in [0.25, 0.3) is 11.0 Å². The molecule has 0 unspecified atom stereocenters. The molecule has 0 fully saturated rings. The van der Waals surface area contributed by atoms with Crippen LogP contribution in [0.4, 0.5) is 0 Å². The molecule has 0 radical (unpaired) electrons. The number of hydrogen-bond donors (Lipinski definition) is 1. The summed E-state index contributed by atoms with van der Waals surface area (Å²) >= 11 is 0. The zero-order valence-corrected chi connectivity index (χ0v) is 11.2. The minimum absolute atomic E-state index is 0.175. The van der Waals surface area contributed by atoms with Crippen LogP contribution < -0.4 is 5.43 Å². The van der Waals surface area contributed by atoms with Gasteiger partial charge in [0.15, 0.2) is 0 Å². The van der Waals surface area contributed by atoms with Gasteiger partial charge in [0.05, 0.1) is 23.6 Å². The monoisotopic (exact) mass is 279 g/mol. The summed E-state index contributed by atoms with van der Waals surface area (Å²) < 4.78 is 1.78. The van der Waals surface area contributed by atoms with Gasteiger partial charge < -0.3 is 4.57 Å².